The summed E-state index contributed by atoms with van der Waals surface area (Å²) in [7, 11) is 0. The molecule has 0 radical (unpaired) electrons. The third-order valence-corrected chi connectivity index (χ3v) is 4.39. The van der Waals surface area contributed by atoms with Gasteiger partial charge in [0.15, 0.2) is 0 Å². The molecular formula is C15H26N4O3. The van der Waals surface area contributed by atoms with Gasteiger partial charge in [0.05, 0.1) is 0 Å². The van der Waals surface area contributed by atoms with Crippen LogP contribution >= 0.6 is 0 Å². The lowest BCUT2D eigenvalue weighted by Crippen LogP contribution is -2.52. The first kappa shape index (κ1) is 16.7. The van der Waals surface area contributed by atoms with E-state index in [2.05, 4.69) is 5.32 Å². The van der Waals surface area contributed by atoms with Crippen molar-refractivity contribution in [3.63, 3.8) is 0 Å². The van der Waals surface area contributed by atoms with Crippen molar-refractivity contribution < 1.29 is 14.4 Å². The maximum Gasteiger partial charge on any atom is 0.312 e. The summed E-state index contributed by atoms with van der Waals surface area (Å²) in [6, 6.07) is -0.610. The average molecular weight is 310 g/mol. The maximum absolute atomic E-state index is 12.5. The van der Waals surface area contributed by atoms with Crippen LogP contribution in [0.2, 0.25) is 0 Å². The van der Waals surface area contributed by atoms with E-state index in [1.165, 1.54) is 9.80 Å². The normalized spacial score (nSPS) is 28.3. The van der Waals surface area contributed by atoms with Gasteiger partial charge < -0.3 is 20.9 Å². The minimum absolute atomic E-state index is 0.0122. The van der Waals surface area contributed by atoms with E-state index in [4.69, 9.17) is 5.73 Å². The van der Waals surface area contributed by atoms with Crippen molar-refractivity contribution in [3.8, 4) is 0 Å². The second-order valence-electron chi connectivity index (χ2n) is 6.67. The Bertz CT molecular complexity index is 456. The molecule has 2 fully saturated rings. The number of amides is 3. The number of nitrogens with two attached hydrogens (primary N) is 1. The fourth-order valence-corrected chi connectivity index (χ4v) is 3.08. The van der Waals surface area contributed by atoms with E-state index in [0.717, 1.165) is 6.42 Å². The van der Waals surface area contributed by atoms with Gasteiger partial charge >= 0.3 is 11.8 Å². The third-order valence-electron chi connectivity index (χ3n) is 4.39. The number of rotatable bonds is 2. The summed E-state index contributed by atoms with van der Waals surface area (Å²) in [4.78, 5) is 39.9. The first-order chi connectivity index (χ1) is 10.3. The molecule has 7 heteroatoms. The molecule has 0 aromatic carbocycles. The van der Waals surface area contributed by atoms with Gasteiger partial charge in [0.25, 0.3) is 0 Å². The second-order valence-corrected chi connectivity index (χ2v) is 6.67. The summed E-state index contributed by atoms with van der Waals surface area (Å²) in [6.07, 6.45) is 1.35. The van der Waals surface area contributed by atoms with Crippen molar-refractivity contribution in [2.75, 3.05) is 19.6 Å². The standard InChI is InChI=1S/C15H26N4O3/c1-9(2)17-13(20)12-5-4-6-19(12)15(22)14(21)18-7-10(3)11(16)8-18/h9-12H,4-8,16H2,1-3H3,(H,17,20)/t10-,11-,12-/m1/s1. The summed E-state index contributed by atoms with van der Waals surface area (Å²) in [5.41, 5.74) is 5.91. The molecule has 0 bridgehead atoms. The number of carbonyl (C=O) groups is 3. The minimum Gasteiger partial charge on any atom is -0.352 e. The molecule has 22 heavy (non-hydrogen) atoms. The molecule has 3 N–H and O–H groups in total. The van der Waals surface area contributed by atoms with E-state index in [-0.39, 0.29) is 23.9 Å². The molecule has 7 nitrogen and oxygen atoms in total. The number of nitrogens with zero attached hydrogens (tertiary/aromatic N) is 2. The van der Waals surface area contributed by atoms with Crippen molar-refractivity contribution in [3.05, 3.63) is 0 Å². The smallest absolute Gasteiger partial charge is 0.312 e. The van der Waals surface area contributed by atoms with Crippen molar-refractivity contribution in [2.24, 2.45) is 11.7 Å². The molecule has 3 atom stereocenters. The van der Waals surface area contributed by atoms with Crippen LogP contribution < -0.4 is 11.1 Å². The Hall–Kier alpha value is -1.63. The van der Waals surface area contributed by atoms with Crippen LogP contribution in [0.3, 0.4) is 0 Å². The van der Waals surface area contributed by atoms with Crippen LogP contribution in [0.25, 0.3) is 0 Å². The Morgan fingerprint density at radius 1 is 1.18 bits per heavy atom. The zero-order valence-electron chi connectivity index (χ0n) is 13.5. The van der Waals surface area contributed by atoms with E-state index in [1.807, 2.05) is 20.8 Å². The van der Waals surface area contributed by atoms with E-state index < -0.39 is 17.9 Å². The van der Waals surface area contributed by atoms with Gasteiger partial charge in [-0.05, 0) is 32.6 Å². The predicted octanol–water partition coefficient (Wildman–Crippen LogP) is -0.692. The molecule has 124 valence electrons. The van der Waals surface area contributed by atoms with Crippen LogP contribution in [0.15, 0.2) is 0 Å². The lowest BCUT2D eigenvalue weighted by atomic mass is 10.1. The van der Waals surface area contributed by atoms with Crippen molar-refractivity contribution in [1.82, 2.24) is 15.1 Å². The second kappa shape index (κ2) is 6.64. The zero-order chi connectivity index (χ0) is 16.4. The summed E-state index contributed by atoms with van der Waals surface area (Å²) < 4.78 is 0. The van der Waals surface area contributed by atoms with Crippen molar-refractivity contribution >= 4 is 17.7 Å². The van der Waals surface area contributed by atoms with E-state index in [1.54, 1.807) is 0 Å². The minimum atomic E-state index is -0.581. The Kier molecular flexibility index (Phi) is 5.05. The molecule has 0 aliphatic carbocycles. The highest BCUT2D eigenvalue weighted by molar-refractivity contribution is 6.35. The summed E-state index contributed by atoms with van der Waals surface area (Å²) in [6.45, 7) is 7.08. The zero-order valence-corrected chi connectivity index (χ0v) is 13.5. The highest BCUT2D eigenvalue weighted by atomic mass is 16.2. The lowest BCUT2D eigenvalue weighted by Gasteiger charge is -2.26. The van der Waals surface area contributed by atoms with E-state index in [9.17, 15) is 14.4 Å². The molecule has 2 aliphatic heterocycles. The summed E-state index contributed by atoms with van der Waals surface area (Å²) in [5, 5.41) is 2.81. The van der Waals surface area contributed by atoms with Gasteiger partial charge in [0, 0.05) is 31.7 Å². The summed E-state index contributed by atoms with van der Waals surface area (Å²) >= 11 is 0. The SMILES string of the molecule is CC(C)NC(=O)[C@H]1CCCN1C(=O)C(=O)N1C[C@@H](C)[C@H](N)C1. The number of nitrogens with one attached hydrogen (secondary N) is 1. The molecule has 2 saturated heterocycles. The van der Waals surface area contributed by atoms with Crippen LogP contribution in [0, 0.1) is 5.92 Å². The van der Waals surface area contributed by atoms with Gasteiger partial charge in [0.1, 0.15) is 6.04 Å². The van der Waals surface area contributed by atoms with Crippen LogP contribution in [0.1, 0.15) is 33.6 Å². The average Bonchev–Trinajstić information content (AvgIpc) is 3.04. The third kappa shape index (κ3) is 3.40. The van der Waals surface area contributed by atoms with Gasteiger partial charge in [-0.15, -0.1) is 0 Å². The molecular weight excluding hydrogens is 284 g/mol. The molecule has 2 aliphatic rings. The highest BCUT2D eigenvalue weighted by Crippen LogP contribution is 2.20. The molecule has 0 saturated carbocycles. The van der Waals surface area contributed by atoms with Crippen molar-refractivity contribution in [1.29, 1.82) is 0 Å². The quantitative estimate of drug-likeness (QED) is 0.660. The van der Waals surface area contributed by atoms with Crippen LogP contribution in [0.5, 0.6) is 0 Å². The number of carbonyl (C=O) groups excluding carboxylic acids is 3. The fourth-order valence-electron chi connectivity index (χ4n) is 3.08. The van der Waals surface area contributed by atoms with Gasteiger partial charge in [-0.3, -0.25) is 14.4 Å². The van der Waals surface area contributed by atoms with Crippen LogP contribution in [0.4, 0.5) is 0 Å². The monoisotopic (exact) mass is 310 g/mol. The van der Waals surface area contributed by atoms with Gasteiger partial charge in [0.2, 0.25) is 5.91 Å². The largest absolute Gasteiger partial charge is 0.352 e. The Morgan fingerprint density at radius 2 is 1.86 bits per heavy atom. The molecule has 3 amide bonds. The van der Waals surface area contributed by atoms with Crippen LogP contribution in [-0.4, -0.2) is 65.3 Å². The van der Waals surface area contributed by atoms with E-state index >= 15 is 0 Å². The maximum atomic E-state index is 12.5. The molecule has 0 spiro atoms. The Balaban J connectivity index is 2.01. The van der Waals surface area contributed by atoms with Gasteiger partial charge in [-0.25, -0.2) is 0 Å². The van der Waals surface area contributed by atoms with Crippen molar-refractivity contribution in [2.45, 2.75) is 51.7 Å². The molecule has 0 unspecified atom stereocenters. The summed E-state index contributed by atoms with van der Waals surface area (Å²) in [5.74, 6) is -1.11. The van der Waals surface area contributed by atoms with E-state index in [0.29, 0.717) is 26.1 Å². The van der Waals surface area contributed by atoms with Gasteiger partial charge in [-0.1, -0.05) is 6.92 Å². The molecule has 0 aromatic rings. The molecule has 2 rings (SSSR count). The predicted molar refractivity (Wildman–Crippen MR) is 81.7 cm³/mol. The van der Waals surface area contributed by atoms with Gasteiger partial charge in [-0.2, -0.15) is 0 Å². The first-order valence-electron chi connectivity index (χ1n) is 7.97. The lowest BCUT2D eigenvalue weighted by molar-refractivity contribution is -0.153. The molecule has 2 heterocycles. The fraction of sp³-hybridized carbons (Fsp3) is 0.800. The highest BCUT2D eigenvalue weighted by Gasteiger charge is 2.40. The number of hydrogen-bond acceptors (Lipinski definition) is 4. The van der Waals surface area contributed by atoms with Crippen LogP contribution in [-0.2, 0) is 14.4 Å². The Labute approximate surface area is 131 Å². The Morgan fingerprint density at radius 3 is 2.41 bits per heavy atom. The first-order valence-corrected chi connectivity index (χ1v) is 7.97. The number of hydrogen-bond donors (Lipinski definition) is 2. The molecule has 0 aromatic heterocycles. The topological polar surface area (TPSA) is 95.7 Å². The number of likely N-dealkylation sites (tertiary alicyclic amines) is 2.